The molecule has 34 heavy (non-hydrogen) atoms. The Morgan fingerprint density at radius 3 is 2.59 bits per heavy atom. The van der Waals surface area contributed by atoms with Gasteiger partial charge in [-0.2, -0.15) is 0 Å². The molecular weight excluding hydrogens is 491 g/mol. The lowest BCUT2D eigenvalue weighted by molar-refractivity contribution is 0.0172. The summed E-state index contributed by atoms with van der Waals surface area (Å²) in [5, 5.41) is 10.5. The first-order chi connectivity index (χ1) is 16.0. The summed E-state index contributed by atoms with van der Waals surface area (Å²) in [7, 11) is -4.29. The number of anilines is 1. The van der Waals surface area contributed by atoms with Crippen molar-refractivity contribution in [2.24, 2.45) is 0 Å². The molecule has 0 spiro atoms. The minimum Gasteiger partial charge on any atom is -0.489 e. The maximum atomic E-state index is 14.1. The van der Waals surface area contributed by atoms with E-state index in [4.69, 9.17) is 16.3 Å². The van der Waals surface area contributed by atoms with Gasteiger partial charge in [0, 0.05) is 30.5 Å². The van der Waals surface area contributed by atoms with Crippen molar-refractivity contribution in [1.82, 2.24) is 0 Å². The van der Waals surface area contributed by atoms with Crippen LogP contribution in [-0.4, -0.2) is 26.2 Å². The first-order valence-electron chi connectivity index (χ1n) is 10.3. The largest absolute Gasteiger partial charge is 0.489 e. The molecule has 0 saturated carbocycles. The highest BCUT2D eigenvalue weighted by molar-refractivity contribution is 7.92. The predicted molar refractivity (Wildman–Crippen MR) is 122 cm³/mol. The summed E-state index contributed by atoms with van der Waals surface area (Å²) in [4.78, 5) is -0.323. The number of hydrogen-bond donors (Lipinski definition) is 1. The van der Waals surface area contributed by atoms with Crippen molar-refractivity contribution in [3.05, 3.63) is 88.2 Å². The number of benzene rings is 3. The van der Waals surface area contributed by atoms with E-state index < -0.39 is 33.4 Å². The first kappa shape index (κ1) is 24.4. The normalized spacial score (nSPS) is 16.3. The molecule has 0 saturated heterocycles. The van der Waals surface area contributed by atoms with Gasteiger partial charge < -0.3 is 9.84 Å². The van der Waals surface area contributed by atoms with E-state index in [9.17, 15) is 26.7 Å². The molecule has 1 aliphatic rings. The van der Waals surface area contributed by atoms with Crippen LogP contribution >= 0.6 is 11.6 Å². The van der Waals surface area contributed by atoms with Crippen LogP contribution < -0.4 is 9.04 Å². The molecule has 0 aromatic heterocycles. The summed E-state index contributed by atoms with van der Waals surface area (Å²) in [5.74, 6) is -3.51. The number of alkyl halides is 2. The summed E-state index contributed by atoms with van der Waals surface area (Å²) in [5.41, 5.74) is 0.496. The summed E-state index contributed by atoms with van der Waals surface area (Å²) in [6.45, 7) is 0.238. The second kappa shape index (κ2) is 9.13. The van der Waals surface area contributed by atoms with Crippen LogP contribution in [0.2, 0.25) is 5.02 Å². The first-order valence-corrected chi connectivity index (χ1v) is 12.2. The molecule has 1 atom stereocenters. The number of β-amino-alcohol motifs (C(OH)–C–C–N with tert-alkyl or cyclic N) is 1. The molecule has 0 aliphatic carbocycles. The molecule has 3 aromatic rings. The third kappa shape index (κ3) is 4.87. The number of hydrogen-bond acceptors (Lipinski definition) is 4. The molecule has 180 valence electrons. The SMILES string of the molecule is CC(F)(F)c1cccc(S(=O)(=O)N2CC(O)Cc3ccc(OCc4c(F)cccc4Cl)cc32)c1. The van der Waals surface area contributed by atoms with Gasteiger partial charge in [0.2, 0.25) is 0 Å². The van der Waals surface area contributed by atoms with E-state index in [-0.39, 0.29) is 46.5 Å². The van der Waals surface area contributed by atoms with Crippen LogP contribution in [-0.2, 0) is 29.0 Å². The molecule has 0 fully saturated rings. The number of fused-ring (bicyclic) bond motifs is 1. The Morgan fingerprint density at radius 1 is 1.15 bits per heavy atom. The van der Waals surface area contributed by atoms with Crippen molar-refractivity contribution in [3.8, 4) is 5.75 Å². The molecule has 0 radical (unpaired) electrons. The Bertz CT molecular complexity index is 1310. The molecule has 1 N–H and O–H groups in total. The van der Waals surface area contributed by atoms with Gasteiger partial charge in [0.15, 0.2) is 0 Å². The van der Waals surface area contributed by atoms with Crippen molar-refractivity contribution in [3.63, 3.8) is 0 Å². The van der Waals surface area contributed by atoms with E-state index >= 15 is 0 Å². The van der Waals surface area contributed by atoms with Gasteiger partial charge in [-0.25, -0.2) is 21.6 Å². The average Bonchev–Trinajstić information content (AvgIpc) is 2.78. The van der Waals surface area contributed by atoms with Crippen LogP contribution in [0.4, 0.5) is 18.9 Å². The monoisotopic (exact) mass is 511 g/mol. The van der Waals surface area contributed by atoms with E-state index in [1.807, 2.05) is 0 Å². The highest BCUT2D eigenvalue weighted by Gasteiger charge is 2.34. The molecule has 4 rings (SSSR count). The molecule has 0 amide bonds. The van der Waals surface area contributed by atoms with Gasteiger partial charge in [-0.15, -0.1) is 0 Å². The number of aliphatic hydroxyl groups excluding tert-OH is 1. The smallest absolute Gasteiger partial charge is 0.270 e. The molecule has 1 unspecified atom stereocenters. The van der Waals surface area contributed by atoms with Crippen molar-refractivity contribution < 1.29 is 31.4 Å². The standard InChI is InChI=1S/C24H21ClF3NO4S/c1-24(27,28)16-4-2-5-19(11-16)34(31,32)29-13-17(30)10-15-8-9-18(12-23(15)29)33-14-20-21(25)6-3-7-22(20)26/h2-9,11-12,17,30H,10,13-14H2,1H3. The van der Waals surface area contributed by atoms with Crippen LogP contribution in [0.3, 0.4) is 0 Å². The Hall–Kier alpha value is -2.75. The highest BCUT2D eigenvalue weighted by atomic mass is 35.5. The maximum Gasteiger partial charge on any atom is 0.270 e. The number of nitrogens with zero attached hydrogens (tertiary/aromatic N) is 1. The molecule has 3 aromatic carbocycles. The average molecular weight is 512 g/mol. The highest BCUT2D eigenvalue weighted by Crippen LogP contribution is 2.36. The van der Waals surface area contributed by atoms with Crippen LogP contribution in [0.5, 0.6) is 5.75 Å². The minimum absolute atomic E-state index is 0.152. The Kier molecular flexibility index (Phi) is 6.54. The predicted octanol–water partition coefficient (Wildman–Crippen LogP) is 5.28. The van der Waals surface area contributed by atoms with Gasteiger partial charge in [-0.3, -0.25) is 4.31 Å². The van der Waals surface area contributed by atoms with E-state index in [0.29, 0.717) is 12.5 Å². The fraction of sp³-hybridized carbons (Fsp3) is 0.250. The Morgan fingerprint density at radius 2 is 1.88 bits per heavy atom. The molecule has 1 aliphatic heterocycles. The lowest BCUT2D eigenvalue weighted by atomic mass is 10.0. The van der Waals surface area contributed by atoms with Gasteiger partial charge in [-0.1, -0.05) is 35.9 Å². The fourth-order valence-electron chi connectivity index (χ4n) is 3.76. The van der Waals surface area contributed by atoms with Crippen LogP contribution in [0.25, 0.3) is 0 Å². The quantitative estimate of drug-likeness (QED) is 0.489. The van der Waals surface area contributed by atoms with Gasteiger partial charge in [0.05, 0.1) is 28.3 Å². The van der Waals surface area contributed by atoms with Crippen molar-refractivity contribution in [1.29, 1.82) is 0 Å². The van der Waals surface area contributed by atoms with Crippen LogP contribution in [0.15, 0.2) is 65.6 Å². The Balaban J connectivity index is 1.69. The molecule has 1 heterocycles. The van der Waals surface area contributed by atoms with Crippen molar-refractivity contribution in [2.45, 2.75) is 36.9 Å². The topological polar surface area (TPSA) is 66.8 Å². The summed E-state index contributed by atoms with van der Waals surface area (Å²) < 4.78 is 75.1. The van der Waals surface area contributed by atoms with Gasteiger partial charge >= 0.3 is 0 Å². The second-order valence-corrected chi connectivity index (χ2v) is 10.4. The number of halogens is 4. The lowest BCUT2D eigenvalue weighted by Gasteiger charge is -2.33. The number of ether oxygens (including phenoxy) is 1. The summed E-state index contributed by atoms with van der Waals surface area (Å²) in [6, 6.07) is 13.5. The van der Waals surface area contributed by atoms with Crippen LogP contribution in [0, 0.1) is 5.82 Å². The van der Waals surface area contributed by atoms with E-state index in [1.54, 1.807) is 12.1 Å². The summed E-state index contributed by atoms with van der Waals surface area (Å²) in [6.07, 6.45) is -0.782. The molecular formula is C24H21ClF3NO4S. The number of aliphatic hydroxyl groups is 1. The second-order valence-electron chi connectivity index (χ2n) is 8.09. The zero-order chi connectivity index (χ0) is 24.7. The van der Waals surface area contributed by atoms with E-state index in [2.05, 4.69) is 0 Å². The van der Waals surface area contributed by atoms with Crippen LogP contribution in [0.1, 0.15) is 23.6 Å². The van der Waals surface area contributed by atoms with Crippen molar-refractivity contribution >= 4 is 27.3 Å². The minimum atomic E-state index is -4.29. The van der Waals surface area contributed by atoms with Gasteiger partial charge in [0.1, 0.15) is 18.2 Å². The fourth-order valence-corrected chi connectivity index (χ4v) is 5.55. The molecule has 10 heteroatoms. The zero-order valence-corrected chi connectivity index (χ0v) is 19.6. The third-order valence-electron chi connectivity index (χ3n) is 5.53. The number of rotatable bonds is 6. The van der Waals surface area contributed by atoms with Crippen molar-refractivity contribution in [2.75, 3.05) is 10.8 Å². The molecule has 0 bridgehead atoms. The third-order valence-corrected chi connectivity index (χ3v) is 7.66. The van der Waals surface area contributed by atoms with Gasteiger partial charge in [-0.05, 0) is 35.9 Å². The molecule has 5 nitrogen and oxygen atoms in total. The Labute approximate surface area is 200 Å². The van der Waals surface area contributed by atoms with E-state index in [1.165, 1.54) is 36.4 Å². The summed E-state index contributed by atoms with van der Waals surface area (Å²) >= 11 is 6.03. The number of sulfonamides is 1. The zero-order valence-electron chi connectivity index (χ0n) is 18.0. The van der Waals surface area contributed by atoms with Gasteiger partial charge in [0.25, 0.3) is 15.9 Å². The lowest BCUT2D eigenvalue weighted by Crippen LogP contribution is -2.42. The van der Waals surface area contributed by atoms with E-state index in [0.717, 1.165) is 16.4 Å². The maximum absolute atomic E-state index is 14.1.